The van der Waals surface area contributed by atoms with E-state index in [1.54, 1.807) is 6.07 Å². The predicted octanol–water partition coefficient (Wildman–Crippen LogP) is 1.27. The lowest BCUT2D eigenvalue weighted by Gasteiger charge is -2.19. The quantitative estimate of drug-likeness (QED) is 0.810. The van der Waals surface area contributed by atoms with Crippen LogP contribution in [0.2, 0.25) is 5.02 Å². The molecule has 1 unspecified atom stereocenters. The molecule has 0 heterocycles. The van der Waals surface area contributed by atoms with Crippen LogP contribution in [0.25, 0.3) is 0 Å². The fourth-order valence-corrected chi connectivity index (χ4v) is 1.79. The molecule has 0 spiro atoms. The second kappa shape index (κ2) is 6.91. The maximum absolute atomic E-state index is 13.4. The Balaban J connectivity index is 2.47. The summed E-state index contributed by atoms with van der Waals surface area (Å²) in [6.45, 7) is 1.21. The number of nitrogens with two attached hydrogens (primary N) is 1. The summed E-state index contributed by atoms with van der Waals surface area (Å²) in [7, 11) is 1.89. The zero-order valence-corrected chi connectivity index (χ0v) is 10.6. The summed E-state index contributed by atoms with van der Waals surface area (Å²) in [6.07, 6.45) is 0.570. The Labute approximate surface area is 106 Å². The molecule has 96 valence electrons. The van der Waals surface area contributed by atoms with Crippen LogP contribution in [-0.2, 0) is 6.42 Å². The standard InChI is InChI=1S/C12H18ClFN2O/c1-16(7-11(15)8-17)5-4-9-6-10(13)2-3-12(9)14/h2-3,6,11,17H,4-5,7-8,15H2,1H3. The summed E-state index contributed by atoms with van der Waals surface area (Å²) in [5.41, 5.74) is 6.21. The van der Waals surface area contributed by atoms with Gasteiger partial charge in [0.15, 0.2) is 0 Å². The highest BCUT2D eigenvalue weighted by atomic mass is 35.5. The third-order valence-electron chi connectivity index (χ3n) is 2.55. The van der Waals surface area contributed by atoms with Crippen LogP contribution in [0.5, 0.6) is 0 Å². The lowest BCUT2D eigenvalue weighted by molar-refractivity contribution is 0.222. The van der Waals surface area contributed by atoms with E-state index >= 15 is 0 Å². The third-order valence-corrected chi connectivity index (χ3v) is 2.79. The highest BCUT2D eigenvalue weighted by molar-refractivity contribution is 6.30. The molecule has 1 atom stereocenters. The van der Waals surface area contributed by atoms with E-state index in [0.717, 1.165) is 0 Å². The van der Waals surface area contributed by atoms with Gasteiger partial charge in [0.1, 0.15) is 5.82 Å². The van der Waals surface area contributed by atoms with Crippen molar-refractivity contribution in [3.63, 3.8) is 0 Å². The number of halogens is 2. The third kappa shape index (κ3) is 5.00. The molecule has 0 saturated carbocycles. The van der Waals surface area contributed by atoms with Crippen molar-refractivity contribution >= 4 is 11.6 Å². The number of rotatable bonds is 6. The minimum Gasteiger partial charge on any atom is -0.395 e. The van der Waals surface area contributed by atoms with Gasteiger partial charge in [-0.2, -0.15) is 0 Å². The van der Waals surface area contributed by atoms with Gasteiger partial charge in [-0.25, -0.2) is 4.39 Å². The molecule has 0 saturated heterocycles. The lowest BCUT2D eigenvalue weighted by Crippen LogP contribution is -2.38. The molecule has 3 nitrogen and oxygen atoms in total. The molecule has 0 aliphatic rings. The molecular weight excluding hydrogens is 243 g/mol. The van der Waals surface area contributed by atoms with Crippen molar-refractivity contribution in [1.29, 1.82) is 0 Å². The number of benzene rings is 1. The lowest BCUT2D eigenvalue weighted by atomic mass is 10.1. The van der Waals surface area contributed by atoms with Gasteiger partial charge in [-0.3, -0.25) is 0 Å². The average molecular weight is 261 g/mol. The van der Waals surface area contributed by atoms with E-state index in [0.29, 0.717) is 30.1 Å². The molecular formula is C12H18ClFN2O. The first-order valence-corrected chi connectivity index (χ1v) is 5.89. The molecule has 0 aliphatic carbocycles. The van der Waals surface area contributed by atoms with E-state index in [4.69, 9.17) is 22.4 Å². The Morgan fingerprint density at radius 2 is 2.24 bits per heavy atom. The van der Waals surface area contributed by atoms with Gasteiger partial charge in [0.2, 0.25) is 0 Å². The summed E-state index contributed by atoms with van der Waals surface area (Å²) in [5.74, 6) is -0.241. The summed E-state index contributed by atoms with van der Waals surface area (Å²) < 4.78 is 13.4. The highest BCUT2D eigenvalue weighted by Gasteiger charge is 2.08. The van der Waals surface area contributed by atoms with E-state index in [9.17, 15) is 4.39 Å². The van der Waals surface area contributed by atoms with Gasteiger partial charge in [-0.05, 0) is 37.2 Å². The molecule has 1 rings (SSSR count). The van der Waals surface area contributed by atoms with Crippen LogP contribution in [0, 0.1) is 5.82 Å². The van der Waals surface area contributed by atoms with Crippen molar-refractivity contribution in [2.75, 3.05) is 26.7 Å². The van der Waals surface area contributed by atoms with Crippen molar-refractivity contribution in [2.45, 2.75) is 12.5 Å². The molecule has 0 bridgehead atoms. The van der Waals surface area contributed by atoms with Crippen molar-refractivity contribution in [3.8, 4) is 0 Å². The topological polar surface area (TPSA) is 49.5 Å². The van der Waals surface area contributed by atoms with Crippen molar-refractivity contribution in [1.82, 2.24) is 4.90 Å². The molecule has 5 heteroatoms. The Kier molecular flexibility index (Phi) is 5.85. The van der Waals surface area contributed by atoms with Crippen LogP contribution in [0.4, 0.5) is 4.39 Å². The van der Waals surface area contributed by atoms with Gasteiger partial charge in [-0.1, -0.05) is 11.6 Å². The number of aliphatic hydroxyl groups excluding tert-OH is 1. The Bertz CT molecular complexity index is 362. The van der Waals surface area contributed by atoms with Crippen LogP contribution in [0.3, 0.4) is 0 Å². The molecule has 0 amide bonds. The number of nitrogens with zero attached hydrogens (tertiary/aromatic N) is 1. The fourth-order valence-electron chi connectivity index (χ4n) is 1.60. The largest absolute Gasteiger partial charge is 0.395 e. The van der Waals surface area contributed by atoms with Gasteiger partial charge in [-0.15, -0.1) is 0 Å². The van der Waals surface area contributed by atoms with E-state index in [1.165, 1.54) is 12.1 Å². The van der Waals surface area contributed by atoms with Crippen molar-refractivity contribution in [3.05, 3.63) is 34.6 Å². The SMILES string of the molecule is CN(CCc1cc(Cl)ccc1F)CC(N)CO. The minimum atomic E-state index is -0.260. The number of hydrogen-bond acceptors (Lipinski definition) is 3. The van der Waals surface area contributed by atoms with Crippen molar-refractivity contribution in [2.24, 2.45) is 5.73 Å². The molecule has 3 N–H and O–H groups in total. The van der Waals surface area contributed by atoms with Crippen LogP contribution in [0.15, 0.2) is 18.2 Å². The second-order valence-corrected chi connectivity index (χ2v) is 4.63. The van der Waals surface area contributed by atoms with Crippen LogP contribution < -0.4 is 5.73 Å². The summed E-state index contributed by atoms with van der Waals surface area (Å²) in [5, 5.41) is 9.36. The Morgan fingerprint density at radius 3 is 2.88 bits per heavy atom. The average Bonchev–Trinajstić information content (AvgIpc) is 2.30. The van der Waals surface area contributed by atoms with Gasteiger partial charge in [0.05, 0.1) is 6.61 Å². The summed E-state index contributed by atoms with van der Waals surface area (Å²) in [4.78, 5) is 1.96. The number of aliphatic hydroxyl groups is 1. The molecule has 0 fully saturated rings. The van der Waals surface area contributed by atoms with Crippen LogP contribution >= 0.6 is 11.6 Å². The normalized spacial score (nSPS) is 13.1. The maximum atomic E-state index is 13.4. The smallest absolute Gasteiger partial charge is 0.126 e. The number of likely N-dealkylation sites (N-methyl/N-ethyl adjacent to an activating group) is 1. The van der Waals surface area contributed by atoms with Gasteiger partial charge < -0.3 is 15.7 Å². The van der Waals surface area contributed by atoms with Gasteiger partial charge in [0.25, 0.3) is 0 Å². The first kappa shape index (κ1) is 14.4. The molecule has 0 aliphatic heterocycles. The number of hydrogen-bond donors (Lipinski definition) is 2. The maximum Gasteiger partial charge on any atom is 0.126 e. The molecule has 1 aromatic carbocycles. The van der Waals surface area contributed by atoms with Gasteiger partial charge >= 0.3 is 0 Å². The van der Waals surface area contributed by atoms with Crippen LogP contribution in [-0.4, -0.2) is 42.8 Å². The minimum absolute atomic E-state index is 0.0458. The molecule has 17 heavy (non-hydrogen) atoms. The zero-order chi connectivity index (χ0) is 12.8. The predicted molar refractivity (Wildman–Crippen MR) is 67.7 cm³/mol. The van der Waals surface area contributed by atoms with Crippen molar-refractivity contribution < 1.29 is 9.50 Å². The first-order valence-electron chi connectivity index (χ1n) is 5.52. The Morgan fingerprint density at radius 1 is 1.53 bits per heavy atom. The van der Waals surface area contributed by atoms with Crippen LogP contribution in [0.1, 0.15) is 5.56 Å². The van der Waals surface area contributed by atoms with E-state index in [1.807, 2.05) is 11.9 Å². The Hall–Kier alpha value is -0.680. The molecule has 0 radical (unpaired) electrons. The van der Waals surface area contributed by atoms with E-state index in [2.05, 4.69) is 0 Å². The molecule has 0 aromatic heterocycles. The second-order valence-electron chi connectivity index (χ2n) is 4.19. The fraction of sp³-hybridized carbons (Fsp3) is 0.500. The zero-order valence-electron chi connectivity index (χ0n) is 9.87. The van der Waals surface area contributed by atoms with E-state index < -0.39 is 0 Å². The van der Waals surface area contributed by atoms with Gasteiger partial charge in [0, 0.05) is 24.2 Å². The highest BCUT2D eigenvalue weighted by Crippen LogP contribution is 2.15. The summed E-state index contributed by atoms with van der Waals surface area (Å²) in [6, 6.07) is 4.28. The molecule has 1 aromatic rings. The summed E-state index contributed by atoms with van der Waals surface area (Å²) >= 11 is 5.81. The van der Waals surface area contributed by atoms with E-state index in [-0.39, 0.29) is 18.5 Å². The monoisotopic (exact) mass is 260 g/mol. The first-order chi connectivity index (χ1) is 8.02.